The monoisotopic (exact) mass is 423 g/mol. The van der Waals surface area contributed by atoms with E-state index in [0.717, 1.165) is 39.2 Å². The van der Waals surface area contributed by atoms with Gasteiger partial charge in [-0.05, 0) is 47.2 Å². The number of fused-ring (bicyclic) bond motifs is 2. The summed E-state index contributed by atoms with van der Waals surface area (Å²) in [6.07, 6.45) is 3.70. The minimum Gasteiger partial charge on any atom is -0.294 e. The van der Waals surface area contributed by atoms with Crippen LogP contribution in [0.5, 0.6) is 0 Å². The Morgan fingerprint density at radius 3 is 1.58 bits per heavy atom. The van der Waals surface area contributed by atoms with Crippen molar-refractivity contribution in [3.63, 3.8) is 0 Å². The van der Waals surface area contributed by atoms with Gasteiger partial charge in [-0.15, -0.1) is 0 Å². The second kappa shape index (κ2) is 8.21. The molecule has 0 bridgehead atoms. The van der Waals surface area contributed by atoms with Crippen molar-refractivity contribution in [2.24, 2.45) is 0 Å². The molecule has 4 aromatic carbocycles. The zero-order chi connectivity index (χ0) is 22.0. The van der Waals surface area contributed by atoms with Crippen molar-refractivity contribution < 1.29 is 0 Å². The second-order valence-corrected chi connectivity index (χ2v) is 7.89. The van der Waals surface area contributed by atoms with E-state index in [2.05, 4.69) is 89.8 Å². The SMILES string of the molecule is c1ccc(N(c2ccccn2)c2c3ccccc3c(-c3ccccn3)c3ccccc23)cc1. The number of hydrogen-bond donors (Lipinski definition) is 0. The van der Waals surface area contributed by atoms with Crippen LogP contribution in [0.4, 0.5) is 17.2 Å². The van der Waals surface area contributed by atoms with E-state index in [9.17, 15) is 0 Å². The zero-order valence-electron chi connectivity index (χ0n) is 18.0. The Morgan fingerprint density at radius 2 is 1.00 bits per heavy atom. The van der Waals surface area contributed by atoms with Crippen LogP contribution in [0.15, 0.2) is 128 Å². The zero-order valence-corrected chi connectivity index (χ0v) is 18.0. The van der Waals surface area contributed by atoms with Gasteiger partial charge in [-0.2, -0.15) is 0 Å². The van der Waals surface area contributed by atoms with E-state index in [-0.39, 0.29) is 0 Å². The summed E-state index contributed by atoms with van der Waals surface area (Å²) in [7, 11) is 0. The van der Waals surface area contributed by atoms with Gasteiger partial charge >= 0.3 is 0 Å². The minimum absolute atomic E-state index is 0.879. The third-order valence-corrected chi connectivity index (χ3v) is 5.94. The Morgan fingerprint density at radius 1 is 0.455 bits per heavy atom. The fourth-order valence-electron chi connectivity index (χ4n) is 4.57. The number of pyridine rings is 2. The average molecular weight is 424 g/mol. The quantitative estimate of drug-likeness (QED) is 0.270. The van der Waals surface area contributed by atoms with E-state index in [1.54, 1.807) is 0 Å². The van der Waals surface area contributed by atoms with E-state index in [1.165, 1.54) is 10.8 Å². The molecule has 0 aliphatic heterocycles. The highest BCUT2D eigenvalue weighted by Crippen LogP contribution is 2.46. The predicted molar refractivity (Wildman–Crippen MR) is 137 cm³/mol. The molecule has 3 heteroatoms. The molecule has 6 rings (SSSR count). The Hall–Kier alpha value is -4.50. The number of anilines is 3. The van der Waals surface area contributed by atoms with Crippen LogP contribution < -0.4 is 4.90 Å². The van der Waals surface area contributed by atoms with Crippen molar-refractivity contribution in [3.8, 4) is 11.3 Å². The summed E-state index contributed by atoms with van der Waals surface area (Å²) in [5, 5.41) is 4.65. The summed E-state index contributed by atoms with van der Waals surface area (Å²) in [5.74, 6) is 0.879. The van der Waals surface area contributed by atoms with Crippen molar-refractivity contribution in [2.75, 3.05) is 4.90 Å². The average Bonchev–Trinajstić information content (AvgIpc) is 2.90. The topological polar surface area (TPSA) is 29.0 Å². The van der Waals surface area contributed by atoms with Gasteiger partial charge in [-0.1, -0.05) is 78.9 Å². The number of rotatable bonds is 4. The van der Waals surface area contributed by atoms with Crippen LogP contribution in [0.3, 0.4) is 0 Å². The summed E-state index contributed by atoms with van der Waals surface area (Å²) < 4.78 is 0. The van der Waals surface area contributed by atoms with E-state index in [4.69, 9.17) is 9.97 Å². The highest BCUT2D eigenvalue weighted by molar-refractivity contribution is 6.21. The lowest BCUT2D eigenvalue weighted by molar-refractivity contribution is 1.19. The molecule has 0 aliphatic carbocycles. The van der Waals surface area contributed by atoms with Gasteiger partial charge in [0, 0.05) is 34.4 Å². The molecule has 2 heterocycles. The van der Waals surface area contributed by atoms with Crippen molar-refractivity contribution in [1.29, 1.82) is 0 Å². The second-order valence-electron chi connectivity index (χ2n) is 7.89. The molecule has 0 saturated carbocycles. The van der Waals surface area contributed by atoms with E-state index in [0.29, 0.717) is 0 Å². The summed E-state index contributed by atoms with van der Waals surface area (Å²) in [6, 6.07) is 39.7. The summed E-state index contributed by atoms with van der Waals surface area (Å²) in [5.41, 5.74) is 4.31. The standard InChI is InChI=1S/C30H21N3/c1-2-12-22(13-3-1)33(28-19-9-11-21-32-28)30-25-16-6-4-14-23(25)29(27-18-8-10-20-31-27)24-15-5-7-17-26(24)30/h1-21H. The normalized spacial score (nSPS) is 11.0. The van der Waals surface area contributed by atoms with E-state index >= 15 is 0 Å². The molecule has 3 nitrogen and oxygen atoms in total. The first-order valence-corrected chi connectivity index (χ1v) is 11.0. The molecule has 0 amide bonds. The molecule has 0 fully saturated rings. The summed E-state index contributed by atoms with van der Waals surface area (Å²) in [4.78, 5) is 11.7. The molecule has 0 aliphatic rings. The van der Waals surface area contributed by atoms with Crippen LogP contribution in [0, 0.1) is 0 Å². The molecule has 2 aromatic heterocycles. The van der Waals surface area contributed by atoms with Crippen LogP contribution in [-0.4, -0.2) is 9.97 Å². The van der Waals surface area contributed by atoms with Crippen LogP contribution in [0.2, 0.25) is 0 Å². The summed E-state index contributed by atoms with van der Waals surface area (Å²) >= 11 is 0. The van der Waals surface area contributed by atoms with Gasteiger partial charge in [-0.25, -0.2) is 4.98 Å². The van der Waals surface area contributed by atoms with Crippen molar-refractivity contribution in [3.05, 3.63) is 128 Å². The number of para-hydroxylation sites is 1. The fourth-order valence-corrected chi connectivity index (χ4v) is 4.57. The smallest absolute Gasteiger partial charge is 0.137 e. The molecule has 0 unspecified atom stereocenters. The van der Waals surface area contributed by atoms with Gasteiger partial charge in [0.15, 0.2) is 0 Å². The van der Waals surface area contributed by atoms with Crippen LogP contribution in [-0.2, 0) is 0 Å². The largest absolute Gasteiger partial charge is 0.294 e. The maximum absolute atomic E-state index is 4.74. The molecule has 0 saturated heterocycles. The van der Waals surface area contributed by atoms with E-state index < -0.39 is 0 Å². The highest BCUT2D eigenvalue weighted by atomic mass is 15.2. The molecule has 33 heavy (non-hydrogen) atoms. The van der Waals surface area contributed by atoms with Gasteiger partial charge in [0.05, 0.1) is 11.4 Å². The maximum atomic E-state index is 4.74. The van der Waals surface area contributed by atoms with Gasteiger partial charge in [0.1, 0.15) is 5.82 Å². The van der Waals surface area contributed by atoms with Crippen molar-refractivity contribution >= 4 is 38.7 Å². The number of nitrogens with zero attached hydrogens (tertiary/aromatic N) is 3. The molecule has 0 spiro atoms. The van der Waals surface area contributed by atoms with Crippen LogP contribution >= 0.6 is 0 Å². The lowest BCUT2D eigenvalue weighted by Crippen LogP contribution is -2.12. The van der Waals surface area contributed by atoms with Gasteiger partial charge in [-0.3, -0.25) is 9.88 Å². The molecular formula is C30H21N3. The molecule has 156 valence electrons. The molecular weight excluding hydrogens is 402 g/mol. The van der Waals surface area contributed by atoms with Gasteiger partial charge in [0.25, 0.3) is 0 Å². The van der Waals surface area contributed by atoms with Crippen molar-refractivity contribution in [1.82, 2.24) is 9.97 Å². The van der Waals surface area contributed by atoms with Crippen LogP contribution in [0.1, 0.15) is 0 Å². The Bertz CT molecular complexity index is 1450. The van der Waals surface area contributed by atoms with Gasteiger partial charge in [0.2, 0.25) is 0 Å². The molecule has 0 radical (unpaired) electrons. The predicted octanol–water partition coefficient (Wildman–Crippen LogP) is 7.92. The first-order chi connectivity index (χ1) is 16.4. The molecule has 0 N–H and O–H groups in total. The maximum Gasteiger partial charge on any atom is 0.137 e. The molecule has 6 aromatic rings. The first-order valence-electron chi connectivity index (χ1n) is 11.0. The summed E-state index contributed by atoms with van der Waals surface area (Å²) in [6.45, 7) is 0. The van der Waals surface area contributed by atoms with Gasteiger partial charge < -0.3 is 0 Å². The van der Waals surface area contributed by atoms with Crippen molar-refractivity contribution in [2.45, 2.75) is 0 Å². The fraction of sp³-hybridized carbons (Fsp3) is 0. The number of benzene rings is 4. The Labute approximate surface area is 192 Å². The Kier molecular flexibility index (Phi) is 4.78. The third kappa shape index (κ3) is 3.31. The lowest BCUT2D eigenvalue weighted by Gasteiger charge is -2.28. The molecule has 0 atom stereocenters. The Balaban J connectivity index is 1.78. The van der Waals surface area contributed by atoms with E-state index in [1.807, 2.05) is 42.7 Å². The minimum atomic E-state index is 0.879. The number of hydrogen-bond acceptors (Lipinski definition) is 3. The number of aromatic nitrogens is 2. The van der Waals surface area contributed by atoms with Crippen LogP contribution in [0.25, 0.3) is 32.8 Å². The third-order valence-electron chi connectivity index (χ3n) is 5.94. The first kappa shape index (κ1) is 19.2. The lowest BCUT2D eigenvalue weighted by atomic mass is 9.92. The highest BCUT2D eigenvalue weighted by Gasteiger charge is 2.22.